The molecule has 0 aliphatic heterocycles. The van der Waals surface area contributed by atoms with E-state index >= 15 is 0 Å². The molecule has 2 heterocycles. The van der Waals surface area contributed by atoms with Gasteiger partial charge in [0.05, 0.1) is 17.9 Å². The summed E-state index contributed by atoms with van der Waals surface area (Å²) in [7, 11) is 0. The minimum atomic E-state index is -0.295. The van der Waals surface area contributed by atoms with Crippen LogP contribution in [0.2, 0.25) is 0 Å². The predicted octanol–water partition coefficient (Wildman–Crippen LogP) is 3.19. The van der Waals surface area contributed by atoms with Gasteiger partial charge in [-0.15, -0.1) is 11.8 Å². The maximum Gasteiger partial charge on any atom is 0.108 e. The largest absolute Gasteiger partial charge is 0.382 e. The summed E-state index contributed by atoms with van der Waals surface area (Å²) in [5.41, 5.74) is 4.25. The molecular formula is C17H28N4OS2. The van der Waals surface area contributed by atoms with Crippen molar-refractivity contribution in [3.8, 4) is 0 Å². The fourth-order valence-electron chi connectivity index (χ4n) is 2.62. The fraction of sp³-hybridized carbons (Fsp3) is 0.647. The van der Waals surface area contributed by atoms with Crippen molar-refractivity contribution >= 4 is 23.5 Å². The average Bonchev–Trinajstić information content (AvgIpc) is 3.01. The molecule has 5 nitrogen and oxygen atoms in total. The van der Waals surface area contributed by atoms with E-state index in [0.717, 1.165) is 48.2 Å². The van der Waals surface area contributed by atoms with E-state index in [1.54, 1.807) is 23.5 Å². The normalized spacial score (nSPS) is 12.7. The van der Waals surface area contributed by atoms with E-state index in [-0.39, 0.29) is 5.44 Å². The van der Waals surface area contributed by atoms with Crippen molar-refractivity contribution in [3.63, 3.8) is 0 Å². The van der Waals surface area contributed by atoms with Crippen molar-refractivity contribution in [2.75, 3.05) is 17.3 Å². The van der Waals surface area contributed by atoms with Crippen LogP contribution in [-0.4, -0.2) is 47.4 Å². The molecule has 0 aliphatic rings. The molecule has 0 saturated heterocycles. The highest BCUT2D eigenvalue weighted by Crippen LogP contribution is 2.16. The maximum absolute atomic E-state index is 10.1. The van der Waals surface area contributed by atoms with Crippen molar-refractivity contribution < 1.29 is 5.11 Å². The van der Waals surface area contributed by atoms with Crippen molar-refractivity contribution in [1.29, 1.82) is 0 Å². The van der Waals surface area contributed by atoms with E-state index in [1.165, 1.54) is 11.4 Å². The first-order valence-electron chi connectivity index (χ1n) is 8.35. The third-order valence-electron chi connectivity index (χ3n) is 3.74. The summed E-state index contributed by atoms with van der Waals surface area (Å²) in [4.78, 5) is 0. The molecule has 0 fully saturated rings. The second kappa shape index (κ2) is 9.53. The number of aromatic nitrogens is 4. The van der Waals surface area contributed by atoms with Crippen LogP contribution in [0.4, 0.5) is 0 Å². The van der Waals surface area contributed by atoms with E-state index in [1.807, 2.05) is 23.2 Å². The predicted molar refractivity (Wildman–Crippen MR) is 104 cm³/mol. The zero-order chi connectivity index (χ0) is 17.5. The molecule has 0 bridgehead atoms. The Bertz CT molecular complexity index is 584. The zero-order valence-electron chi connectivity index (χ0n) is 15.0. The van der Waals surface area contributed by atoms with Crippen molar-refractivity contribution in [3.05, 3.63) is 34.9 Å². The summed E-state index contributed by atoms with van der Waals surface area (Å²) >= 11 is 3.42. The van der Waals surface area contributed by atoms with Gasteiger partial charge >= 0.3 is 0 Å². The molecule has 0 radical (unpaired) electrons. The summed E-state index contributed by atoms with van der Waals surface area (Å²) in [5.74, 6) is 2.70. The van der Waals surface area contributed by atoms with Crippen LogP contribution >= 0.6 is 23.5 Å². The van der Waals surface area contributed by atoms with Gasteiger partial charge in [-0.05, 0) is 52.0 Å². The number of nitrogens with zero attached hydrogens (tertiary/aromatic N) is 4. The molecule has 2 aromatic heterocycles. The number of rotatable bonds is 10. The monoisotopic (exact) mass is 368 g/mol. The van der Waals surface area contributed by atoms with Crippen LogP contribution in [0.1, 0.15) is 29.2 Å². The summed E-state index contributed by atoms with van der Waals surface area (Å²) in [6.45, 7) is 10.0. The molecule has 1 unspecified atom stereocenters. The van der Waals surface area contributed by atoms with Gasteiger partial charge in [0, 0.05) is 29.4 Å². The van der Waals surface area contributed by atoms with Crippen molar-refractivity contribution in [2.45, 2.75) is 52.6 Å². The van der Waals surface area contributed by atoms with Crippen LogP contribution in [0, 0.1) is 27.7 Å². The minimum absolute atomic E-state index is 0.295. The molecule has 0 aliphatic carbocycles. The smallest absolute Gasteiger partial charge is 0.108 e. The third-order valence-corrected chi connectivity index (χ3v) is 6.05. The van der Waals surface area contributed by atoms with Gasteiger partial charge in [0.2, 0.25) is 0 Å². The molecule has 2 aromatic rings. The summed E-state index contributed by atoms with van der Waals surface area (Å²) < 4.78 is 4.09. The molecule has 0 saturated carbocycles. The summed E-state index contributed by atoms with van der Waals surface area (Å²) in [5, 5.41) is 19.0. The first-order chi connectivity index (χ1) is 11.5. The van der Waals surface area contributed by atoms with Gasteiger partial charge in [-0.1, -0.05) is 0 Å². The molecule has 134 valence electrons. The van der Waals surface area contributed by atoms with Gasteiger partial charge in [-0.3, -0.25) is 9.36 Å². The second-order valence-electron chi connectivity index (χ2n) is 6.05. The standard InChI is InChI=1S/C17H28N4OS2/c1-13-10-15(3)20(18-13)6-5-8-24-17(22)12-23-9-7-21-16(4)11-14(2)19-21/h10-11,17,22H,5-9,12H2,1-4H3. The van der Waals surface area contributed by atoms with Crippen LogP contribution in [0.15, 0.2) is 12.1 Å². The quantitative estimate of drug-likeness (QED) is 0.516. The Hall–Kier alpha value is -0.920. The Morgan fingerprint density at radius 1 is 0.958 bits per heavy atom. The summed E-state index contributed by atoms with van der Waals surface area (Å²) in [6, 6.07) is 4.19. The number of hydrogen-bond donors (Lipinski definition) is 1. The number of hydrogen-bond acceptors (Lipinski definition) is 5. The highest BCUT2D eigenvalue weighted by molar-refractivity contribution is 8.03. The lowest BCUT2D eigenvalue weighted by Crippen LogP contribution is -2.10. The average molecular weight is 369 g/mol. The number of aliphatic hydroxyl groups excluding tert-OH is 1. The molecule has 0 amide bonds. The second-order valence-corrected chi connectivity index (χ2v) is 8.49. The SMILES string of the molecule is Cc1cc(C)n(CCCSC(O)CSCCn2nc(C)cc2C)n1. The lowest BCUT2D eigenvalue weighted by Gasteiger charge is -2.11. The van der Waals surface area contributed by atoms with Gasteiger partial charge in [-0.25, -0.2) is 0 Å². The topological polar surface area (TPSA) is 55.9 Å². The Labute approximate surface area is 153 Å². The van der Waals surface area contributed by atoms with Crippen molar-refractivity contribution in [1.82, 2.24) is 19.6 Å². The molecule has 1 N–H and O–H groups in total. The Balaban J connectivity index is 1.54. The molecule has 0 aromatic carbocycles. The third kappa shape index (κ3) is 6.18. The van der Waals surface area contributed by atoms with E-state index in [2.05, 4.69) is 36.2 Å². The maximum atomic E-state index is 10.1. The summed E-state index contributed by atoms with van der Waals surface area (Å²) in [6.07, 6.45) is 1.03. The number of aliphatic hydroxyl groups is 1. The molecule has 7 heteroatoms. The van der Waals surface area contributed by atoms with E-state index in [4.69, 9.17) is 0 Å². The van der Waals surface area contributed by atoms with Gasteiger partial charge < -0.3 is 5.11 Å². The van der Waals surface area contributed by atoms with Crippen LogP contribution in [0.3, 0.4) is 0 Å². The highest BCUT2D eigenvalue weighted by atomic mass is 32.2. The van der Waals surface area contributed by atoms with Gasteiger partial charge in [-0.2, -0.15) is 22.0 Å². The fourth-order valence-corrected chi connectivity index (χ4v) is 4.53. The van der Waals surface area contributed by atoms with Gasteiger partial charge in [0.25, 0.3) is 0 Å². The van der Waals surface area contributed by atoms with Crippen LogP contribution in [0.25, 0.3) is 0 Å². The van der Waals surface area contributed by atoms with Crippen molar-refractivity contribution in [2.24, 2.45) is 0 Å². The lowest BCUT2D eigenvalue weighted by atomic mass is 10.4. The first kappa shape index (κ1) is 19.4. The van der Waals surface area contributed by atoms with E-state index < -0.39 is 0 Å². The minimum Gasteiger partial charge on any atom is -0.382 e. The van der Waals surface area contributed by atoms with Crippen LogP contribution in [-0.2, 0) is 13.1 Å². The molecule has 0 spiro atoms. The van der Waals surface area contributed by atoms with Gasteiger partial charge in [0.15, 0.2) is 0 Å². The zero-order valence-corrected chi connectivity index (χ0v) is 16.7. The van der Waals surface area contributed by atoms with Gasteiger partial charge in [0.1, 0.15) is 5.44 Å². The molecular weight excluding hydrogens is 340 g/mol. The first-order valence-corrected chi connectivity index (χ1v) is 10.6. The van der Waals surface area contributed by atoms with E-state index in [9.17, 15) is 5.11 Å². The Morgan fingerprint density at radius 2 is 1.54 bits per heavy atom. The Kier molecular flexibility index (Phi) is 7.71. The number of thioether (sulfide) groups is 2. The van der Waals surface area contributed by atoms with Crippen LogP contribution < -0.4 is 0 Å². The molecule has 24 heavy (non-hydrogen) atoms. The molecule has 2 rings (SSSR count). The van der Waals surface area contributed by atoms with E-state index in [0.29, 0.717) is 0 Å². The highest BCUT2D eigenvalue weighted by Gasteiger charge is 2.07. The lowest BCUT2D eigenvalue weighted by molar-refractivity contribution is 0.288. The van der Waals surface area contributed by atoms with Crippen LogP contribution in [0.5, 0.6) is 0 Å². The Morgan fingerprint density at radius 3 is 2.08 bits per heavy atom. The molecule has 1 atom stereocenters. The number of aryl methyl sites for hydroxylation is 6.